The minimum atomic E-state index is -0.0931. The summed E-state index contributed by atoms with van der Waals surface area (Å²) in [6.45, 7) is 6.34. The topological polar surface area (TPSA) is 92.0 Å². The Kier molecular flexibility index (Phi) is 5.85. The van der Waals surface area contributed by atoms with E-state index in [-0.39, 0.29) is 12.0 Å². The lowest BCUT2D eigenvalue weighted by Gasteiger charge is -2.16. The van der Waals surface area contributed by atoms with Crippen molar-refractivity contribution in [3.63, 3.8) is 0 Å². The summed E-state index contributed by atoms with van der Waals surface area (Å²) in [5, 5.41) is 11.3. The fourth-order valence-corrected chi connectivity index (χ4v) is 2.57. The molecule has 6 nitrogen and oxygen atoms in total. The van der Waals surface area contributed by atoms with Crippen LogP contribution >= 0.6 is 23.2 Å². The van der Waals surface area contributed by atoms with Crippen molar-refractivity contribution in [3.05, 3.63) is 45.5 Å². The Morgan fingerprint density at radius 1 is 1.35 bits per heavy atom. The Hall–Kier alpha value is -1.79. The van der Waals surface area contributed by atoms with Crippen LogP contribution < -0.4 is 11.1 Å². The minimum Gasteiger partial charge on any atom is -0.370 e. The molecule has 124 valence electrons. The Bertz CT molecular complexity index is 695. The number of aromatic amines is 1. The van der Waals surface area contributed by atoms with Gasteiger partial charge < -0.3 is 11.1 Å². The van der Waals surface area contributed by atoms with Crippen molar-refractivity contribution in [3.8, 4) is 0 Å². The van der Waals surface area contributed by atoms with Gasteiger partial charge in [0.2, 0.25) is 0 Å². The van der Waals surface area contributed by atoms with Crippen LogP contribution in [0.3, 0.4) is 0 Å². The van der Waals surface area contributed by atoms with Crippen LogP contribution in [0.2, 0.25) is 10.0 Å². The van der Waals surface area contributed by atoms with Crippen molar-refractivity contribution in [1.82, 2.24) is 20.5 Å². The van der Waals surface area contributed by atoms with Crippen LogP contribution in [0.25, 0.3) is 0 Å². The first-order valence-electron chi connectivity index (χ1n) is 7.29. The van der Waals surface area contributed by atoms with E-state index in [0.717, 1.165) is 11.4 Å². The summed E-state index contributed by atoms with van der Waals surface area (Å²) >= 11 is 12.1. The van der Waals surface area contributed by atoms with Gasteiger partial charge in [-0.1, -0.05) is 43.1 Å². The van der Waals surface area contributed by atoms with E-state index < -0.39 is 0 Å². The number of guanidine groups is 1. The van der Waals surface area contributed by atoms with Crippen molar-refractivity contribution in [1.29, 1.82) is 0 Å². The first-order chi connectivity index (χ1) is 10.9. The standard InChI is InChI=1S/C15H20Cl2N6/c1-8(2)14-21-13(22-23-14)7-19-15(18)20-9(3)11-5-4-10(16)6-12(11)17/h4-6,8-9H,7H2,1-3H3,(H3,18,19,20)(H,21,22,23). The molecule has 0 bridgehead atoms. The van der Waals surface area contributed by atoms with Crippen LogP contribution in [-0.2, 0) is 6.54 Å². The summed E-state index contributed by atoms with van der Waals surface area (Å²) in [6.07, 6.45) is 0. The van der Waals surface area contributed by atoms with Gasteiger partial charge in [-0.3, -0.25) is 5.10 Å². The van der Waals surface area contributed by atoms with Crippen molar-refractivity contribution in [2.24, 2.45) is 10.7 Å². The van der Waals surface area contributed by atoms with Crippen LogP contribution in [0.4, 0.5) is 0 Å². The molecule has 0 spiro atoms. The van der Waals surface area contributed by atoms with E-state index in [4.69, 9.17) is 28.9 Å². The van der Waals surface area contributed by atoms with Crippen LogP contribution in [0.15, 0.2) is 23.2 Å². The van der Waals surface area contributed by atoms with Gasteiger partial charge in [-0.05, 0) is 24.6 Å². The van der Waals surface area contributed by atoms with E-state index in [1.54, 1.807) is 12.1 Å². The number of rotatable bonds is 5. The molecule has 2 aromatic rings. The SMILES string of the molecule is CC(C)c1n[nH]c(CN=C(N)NC(C)c2ccc(Cl)cc2Cl)n1. The van der Waals surface area contributed by atoms with Crippen LogP contribution in [0, 0.1) is 0 Å². The molecular weight excluding hydrogens is 335 g/mol. The quantitative estimate of drug-likeness (QED) is 0.566. The van der Waals surface area contributed by atoms with Gasteiger partial charge in [-0.15, -0.1) is 0 Å². The molecule has 1 unspecified atom stereocenters. The Morgan fingerprint density at radius 2 is 2.09 bits per heavy atom. The van der Waals surface area contributed by atoms with E-state index in [1.165, 1.54) is 0 Å². The molecular formula is C15H20Cl2N6. The number of aliphatic imine (C=N–C) groups is 1. The molecule has 4 N–H and O–H groups in total. The summed E-state index contributed by atoms with van der Waals surface area (Å²) in [6, 6.07) is 5.26. The minimum absolute atomic E-state index is 0.0931. The molecule has 1 heterocycles. The van der Waals surface area contributed by atoms with Crippen molar-refractivity contribution in [2.75, 3.05) is 0 Å². The molecule has 1 aromatic carbocycles. The molecule has 0 aliphatic heterocycles. The van der Waals surface area contributed by atoms with E-state index in [9.17, 15) is 0 Å². The number of benzene rings is 1. The third kappa shape index (κ3) is 4.84. The third-order valence-corrected chi connectivity index (χ3v) is 3.82. The maximum Gasteiger partial charge on any atom is 0.189 e. The Morgan fingerprint density at radius 3 is 2.70 bits per heavy atom. The molecule has 0 fully saturated rings. The lowest BCUT2D eigenvalue weighted by Crippen LogP contribution is -2.34. The number of hydrogen-bond donors (Lipinski definition) is 3. The molecule has 0 amide bonds. The predicted molar refractivity (Wildman–Crippen MR) is 93.8 cm³/mol. The molecule has 1 atom stereocenters. The number of aromatic nitrogens is 3. The van der Waals surface area contributed by atoms with Gasteiger partial charge in [0, 0.05) is 16.0 Å². The third-order valence-electron chi connectivity index (χ3n) is 3.26. The largest absolute Gasteiger partial charge is 0.370 e. The predicted octanol–water partition coefficient (Wildman–Crippen LogP) is 3.40. The van der Waals surface area contributed by atoms with Gasteiger partial charge in [-0.2, -0.15) is 5.10 Å². The highest BCUT2D eigenvalue weighted by molar-refractivity contribution is 6.35. The normalized spacial score (nSPS) is 13.4. The number of halogens is 2. The molecule has 23 heavy (non-hydrogen) atoms. The van der Waals surface area contributed by atoms with E-state index in [1.807, 2.05) is 26.8 Å². The molecule has 1 aromatic heterocycles. The van der Waals surface area contributed by atoms with Crippen LogP contribution in [0.5, 0.6) is 0 Å². The van der Waals surface area contributed by atoms with E-state index >= 15 is 0 Å². The highest BCUT2D eigenvalue weighted by Crippen LogP contribution is 2.25. The van der Waals surface area contributed by atoms with Gasteiger partial charge in [0.05, 0.1) is 6.04 Å². The summed E-state index contributed by atoms with van der Waals surface area (Å²) < 4.78 is 0. The number of nitrogens with zero attached hydrogens (tertiary/aromatic N) is 3. The second-order valence-corrected chi connectivity index (χ2v) is 6.37. The van der Waals surface area contributed by atoms with Gasteiger partial charge in [0.15, 0.2) is 11.8 Å². The maximum atomic E-state index is 6.18. The van der Waals surface area contributed by atoms with Gasteiger partial charge in [-0.25, -0.2) is 9.98 Å². The Labute approximate surface area is 145 Å². The Balaban J connectivity index is 1.98. The second kappa shape index (κ2) is 7.66. The fraction of sp³-hybridized carbons (Fsp3) is 0.400. The molecule has 0 radical (unpaired) electrons. The van der Waals surface area contributed by atoms with Crippen molar-refractivity contribution < 1.29 is 0 Å². The molecule has 0 saturated heterocycles. The fourth-order valence-electron chi connectivity index (χ4n) is 2.00. The average molecular weight is 355 g/mol. The highest BCUT2D eigenvalue weighted by atomic mass is 35.5. The van der Waals surface area contributed by atoms with Crippen LogP contribution in [0.1, 0.15) is 49.9 Å². The number of nitrogens with one attached hydrogen (secondary N) is 2. The summed E-state index contributed by atoms with van der Waals surface area (Å²) in [5.74, 6) is 2.02. The van der Waals surface area contributed by atoms with E-state index in [2.05, 4.69) is 25.5 Å². The molecule has 2 rings (SSSR count). The number of H-pyrrole nitrogens is 1. The monoisotopic (exact) mass is 354 g/mol. The smallest absolute Gasteiger partial charge is 0.189 e. The number of nitrogens with two attached hydrogens (primary N) is 1. The van der Waals surface area contributed by atoms with Gasteiger partial charge in [0.25, 0.3) is 0 Å². The zero-order valence-electron chi connectivity index (χ0n) is 13.3. The maximum absolute atomic E-state index is 6.18. The molecule has 0 saturated carbocycles. The molecule has 0 aliphatic carbocycles. The lowest BCUT2D eigenvalue weighted by atomic mass is 10.1. The van der Waals surface area contributed by atoms with Crippen molar-refractivity contribution in [2.45, 2.75) is 39.3 Å². The highest BCUT2D eigenvalue weighted by Gasteiger charge is 2.11. The first kappa shape index (κ1) is 17.6. The van der Waals surface area contributed by atoms with Gasteiger partial charge in [0.1, 0.15) is 12.4 Å². The average Bonchev–Trinajstić information content (AvgIpc) is 2.94. The number of hydrogen-bond acceptors (Lipinski definition) is 3. The summed E-state index contributed by atoms with van der Waals surface area (Å²) in [7, 11) is 0. The summed E-state index contributed by atoms with van der Waals surface area (Å²) in [4.78, 5) is 8.61. The zero-order valence-corrected chi connectivity index (χ0v) is 14.8. The van der Waals surface area contributed by atoms with E-state index in [0.29, 0.717) is 28.4 Å². The zero-order chi connectivity index (χ0) is 17.0. The van der Waals surface area contributed by atoms with Gasteiger partial charge >= 0.3 is 0 Å². The summed E-state index contributed by atoms with van der Waals surface area (Å²) in [5.41, 5.74) is 6.81. The molecule has 0 aliphatic rings. The van der Waals surface area contributed by atoms with Crippen LogP contribution in [-0.4, -0.2) is 21.1 Å². The van der Waals surface area contributed by atoms with Crippen molar-refractivity contribution >= 4 is 29.2 Å². The first-order valence-corrected chi connectivity index (χ1v) is 8.05. The second-order valence-electron chi connectivity index (χ2n) is 5.53. The lowest BCUT2D eigenvalue weighted by molar-refractivity contribution is 0.706. The molecule has 8 heteroatoms.